The number of thiazole rings is 1. The lowest BCUT2D eigenvalue weighted by molar-refractivity contribution is 0.307. The molecule has 1 heterocycles. The standard InChI is InChI=1S/C12H13NOS/c1-2-8-14-11-9-15-12(13-11)10-6-4-3-5-7-10/h3-7,9H,2,8H2,1H3. The molecule has 0 N–H and O–H groups in total. The van der Waals surface area contributed by atoms with Gasteiger partial charge < -0.3 is 4.74 Å². The highest BCUT2D eigenvalue weighted by molar-refractivity contribution is 7.13. The van der Waals surface area contributed by atoms with Gasteiger partial charge in [-0.2, -0.15) is 0 Å². The van der Waals surface area contributed by atoms with E-state index in [1.165, 1.54) is 0 Å². The average molecular weight is 219 g/mol. The van der Waals surface area contributed by atoms with Gasteiger partial charge in [0, 0.05) is 5.56 Å². The van der Waals surface area contributed by atoms with Gasteiger partial charge in [-0.25, -0.2) is 4.98 Å². The Balaban J connectivity index is 2.14. The van der Waals surface area contributed by atoms with Gasteiger partial charge in [0.15, 0.2) is 0 Å². The van der Waals surface area contributed by atoms with E-state index in [-0.39, 0.29) is 0 Å². The third kappa shape index (κ3) is 2.57. The van der Waals surface area contributed by atoms with E-state index in [0.717, 1.165) is 29.5 Å². The number of ether oxygens (including phenoxy) is 1. The van der Waals surface area contributed by atoms with Crippen LogP contribution in [0.4, 0.5) is 0 Å². The van der Waals surface area contributed by atoms with Crippen molar-refractivity contribution in [3.05, 3.63) is 35.7 Å². The van der Waals surface area contributed by atoms with Crippen LogP contribution in [-0.2, 0) is 0 Å². The van der Waals surface area contributed by atoms with Crippen molar-refractivity contribution in [1.29, 1.82) is 0 Å². The molecule has 3 heteroatoms. The highest BCUT2D eigenvalue weighted by atomic mass is 32.1. The summed E-state index contributed by atoms with van der Waals surface area (Å²) in [5.41, 5.74) is 1.15. The van der Waals surface area contributed by atoms with Crippen LogP contribution in [0.1, 0.15) is 13.3 Å². The molecule has 78 valence electrons. The number of benzene rings is 1. The lowest BCUT2D eigenvalue weighted by Crippen LogP contribution is -1.94. The fraction of sp³-hybridized carbons (Fsp3) is 0.250. The minimum absolute atomic E-state index is 0.734. The summed E-state index contributed by atoms with van der Waals surface area (Å²) in [6.45, 7) is 2.82. The van der Waals surface area contributed by atoms with Crippen molar-refractivity contribution < 1.29 is 4.74 Å². The maximum Gasteiger partial charge on any atom is 0.224 e. The second kappa shape index (κ2) is 4.94. The molecule has 15 heavy (non-hydrogen) atoms. The molecule has 0 aliphatic carbocycles. The van der Waals surface area contributed by atoms with Crippen LogP contribution in [0, 0.1) is 0 Å². The van der Waals surface area contributed by atoms with E-state index < -0.39 is 0 Å². The molecule has 0 unspecified atom stereocenters. The Labute approximate surface area is 93.6 Å². The van der Waals surface area contributed by atoms with Crippen molar-refractivity contribution in [1.82, 2.24) is 4.98 Å². The van der Waals surface area contributed by atoms with Crippen LogP contribution in [0.2, 0.25) is 0 Å². The maximum atomic E-state index is 5.46. The minimum Gasteiger partial charge on any atom is -0.477 e. The molecule has 0 spiro atoms. The van der Waals surface area contributed by atoms with Gasteiger partial charge in [0.05, 0.1) is 12.0 Å². The summed E-state index contributed by atoms with van der Waals surface area (Å²) in [5, 5.41) is 2.97. The fourth-order valence-electron chi connectivity index (χ4n) is 1.25. The van der Waals surface area contributed by atoms with Gasteiger partial charge in [-0.3, -0.25) is 0 Å². The Kier molecular flexibility index (Phi) is 3.35. The molecule has 0 aliphatic heterocycles. The smallest absolute Gasteiger partial charge is 0.224 e. The van der Waals surface area contributed by atoms with Crippen LogP contribution >= 0.6 is 11.3 Å². The monoisotopic (exact) mass is 219 g/mol. The van der Waals surface area contributed by atoms with E-state index >= 15 is 0 Å². The number of hydrogen-bond donors (Lipinski definition) is 0. The second-order valence-corrected chi connectivity index (χ2v) is 4.06. The van der Waals surface area contributed by atoms with Crippen molar-refractivity contribution in [2.75, 3.05) is 6.61 Å². The van der Waals surface area contributed by atoms with Gasteiger partial charge in [-0.1, -0.05) is 37.3 Å². The molecule has 1 aromatic carbocycles. The molecule has 1 aromatic heterocycles. The zero-order valence-corrected chi connectivity index (χ0v) is 9.46. The molecule has 0 saturated carbocycles. The summed E-state index contributed by atoms with van der Waals surface area (Å²) in [7, 11) is 0. The van der Waals surface area contributed by atoms with E-state index in [4.69, 9.17) is 4.74 Å². The summed E-state index contributed by atoms with van der Waals surface area (Å²) < 4.78 is 5.46. The predicted molar refractivity (Wildman–Crippen MR) is 63.3 cm³/mol. The largest absolute Gasteiger partial charge is 0.477 e. The highest BCUT2D eigenvalue weighted by Crippen LogP contribution is 2.26. The third-order valence-electron chi connectivity index (χ3n) is 1.96. The lowest BCUT2D eigenvalue weighted by atomic mass is 10.2. The van der Waals surface area contributed by atoms with Gasteiger partial charge >= 0.3 is 0 Å². The van der Waals surface area contributed by atoms with Gasteiger partial charge in [-0.05, 0) is 6.42 Å². The Bertz CT molecular complexity index is 411. The molecule has 0 fully saturated rings. The lowest BCUT2D eigenvalue weighted by Gasteiger charge is -1.98. The van der Waals surface area contributed by atoms with E-state index in [9.17, 15) is 0 Å². The summed E-state index contributed by atoms with van der Waals surface area (Å²) in [6, 6.07) is 10.2. The summed E-state index contributed by atoms with van der Waals surface area (Å²) in [4.78, 5) is 4.41. The molecule has 0 atom stereocenters. The van der Waals surface area contributed by atoms with Crippen LogP contribution in [0.25, 0.3) is 10.6 Å². The van der Waals surface area contributed by atoms with Gasteiger partial charge in [0.1, 0.15) is 5.01 Å². The first-order valence-electron chi connectivity index (χ1n) is 5.04. The van der Waals surface area contributed by atoms with Crippen LogP contribution in [0.15, 0.2) is 35.7 Å². The number of aromatic nitrogens is 1. The minimum atomic E-state index is 0.734. The van der Waals surface area contributed by atoms with Gasteiger partial charge in [0.2, 0.25) is 5.88 Å². The van der Waals surface area contributed by atoms with Crippen LogP contribution in [-0.4, -0.2) is 11.6 Å². The van der Waals surface area contributed by atoms with Crippen molar-refractivity contribution in [3.8, 4) is 16.5 Å². The Morgan fingerprint density at radius 2 is 2.07 bits per heavy atom. The normalized spacial score (nSPS) is 10.2. The predicted octanol–water partition coefficient (Wildman–Crippen LogP) is 3.60. The summed E-state index contributed by atoms with van der Waals surface area (Å²) in [6.07, 6.45) is 1.01. The Morgan fingerprint density at radius 1 is 1.27 bits per heavy atom. The van der Waals surface area contributed by atoms with Crippen LogP contribution in [0.5, 0.6) is 5.88 Å². The Hall–Kier alpha value is -1.35. The molecule has 2 aromatic rings. The molecule has 0 saturated heterocycles. The van der Waals surface area contributed by atoms with E-state index in [1.54, 1.807) is 11.3 Å². The zero-order chi connectivity index (χ0) is 10.5. The highest BCUT2D eigenvalue weighted by Gasteiger charge is 2.03. The van der Waals surface area contributed by atoms with Crippen molar-refractivity contribution in [2.24, 2.45) is 0 Å². The first kappa shape index (κ1) is 10.2. The van der Waals surface area contributed by atoms with Crippen LogP contribution < -0.4 is 4.74 Å². The first-order chi connectivity index (χ1) is 7.40. The van der Waals surface area contributed by atoms with E-state index in [0.29, 0.717) is 0 Å². The molecule has 0 aliphatic rings. The molecule has 0 radical (unpaired) electrons. The first-order valence-corrected chi connectivity index (χ1v) is 5.92. The third-order valence-corrected chi connectivity index (χ3v) is 2.83. The van der Waals surface area contributed by atoms with Gasteiger partial charge in [0.25, 0.3) is 0 Å². The summed E-state index contributed by atoms with van der Waals surface area (Å²) >= 11 is 1.62. The number of hydrogen-bond acceptors (Lipinski definition) is 3. The zero-order valence-electron chi connectivity index (χ0n) is 8.64. The van der Waals surface area contributed by atoms with Crippen molar-refractivity contribution in [3.63, 3.8) is 0 Å². The fourth-order valence-corrected chi connectivity index (χ4v) is 1.99. The number of nitrogens with zero attached hydrogens (tertiary/aromatic N) is 1. The summed E-state index contributed by atoms with van der Waals surface area (Å²) in [5.74, 6) is 0.737. The molecule has 0 amide bonds. The second-order valence-electron chi connectivity index (χ2n) is 3.21. The molecule has 0 bridgehead atoms. The quantitative estimate of drug-likeness (QED) is 0.783. The Morgan fingerprint density at radius 3 is 2.80 bits per heavy atom. The van der Waals surface area contributed by atoms with Crippen molar-refractivity contribution >= 4 is 11.3 Å². The molecular weight excluding hydrogens is 206 g/mol. The SMILES string of the molecule is CCCOc1csc(-c2ccccc2)n1. The molecular formula is C12H13NOS. The van der Waals surface area contributed by atoms with E-state index in [2.05, 4.69) is 24.0 Å². The van der Waals surface area contributed by atoms with Crippen molar-refractivity contribution in [2.45, 2.75) is 13.3 Å². The maximum absolute atomic E-state index is 5.46. The average Bonchev–Trinajstić information content (AvgIpc) is 2.76. The molecule has 2 nitrogen and oxygen atoms in total. The van der Waals surface area contributed by atoms with E-state index in [1.807, 2.05) is 23.6 Å². The van der Waals surface area contributed by atoms with Crippen LogP contribution in [0.3, 0.4) is 0 Å². The topological polar surface area (TPSA) is 22.1 Å². The molecule has 2 rings (SSSR count). The van der Waals surface area contributed by atoms with Gasteiger partial charge in [-0.15, -0.1) is 11.3 Å². The number of rotatable bonds is 4.